The van der Waals surface area contributed by atoms with Crippen LogP contribution in [0.4, 0.5) is 8.78 Å². The number of nitrogens with zero attached hydrogens (tertiary/aromatic N) is 1. The number of ether oxygens (including phenoxy) is 1. The first-order valence-corrected chi connectivity index (χ1v) is 11.7. The highest BCUT2D eigenvalue weighted by Crippen LogP contribution is 2.42. The molecule has 0 aliphatic carbocycles. The Morgan fingerprint density at radius 3 is 1.94 bits per heavy atom. The molecule has 0 radical (unpaired) electrons. The van der Waals surface area contributed by atoms with Gasteiger partial charge in [-0.1, -0.05) is 42.5 Å². The molecular formula is C28H29F2NO3. The number of piperidine rings is 1. The zero-order valence-electron chi connectivity index (χ0n) is 19.0. The molecule has 6 heteroatoms. The van der Waals surface area contributed by atoms with Crippen molar-refractivity contribution in [2.24, 2.45) is 5.92 Å². The van der Waals surface area contributed by atoms with Crippen molar-refractivity contribution in [1.82, 2.24) is 4.90 Å². The summed E-state index contributed by atoms with van der Waals surface area (Å²) in [6.45, 7) is 2.70. The van der Waals surface area contributed by atoms with E-state index in [1.54, 1.807) is 48.5 Å². The van der Waals surface area contributed by atoms with E-state index in [-0.39, 0.29) is 23.5 Å². The Morgan fingerprint density at radius 1 is 0.882 bits per heavy atom. The predicted molar refractivity (Wildman–Crippen MR) is 126 cm³/mol. The number of rotatable bonds is 8. The fourth-order valence-electron chi connectivity index (χ4n) is 4.73. The first-order chi connectivity index (χ1) is 16.5. The smallest absolute Gasteiger partial charge is 0.338 e. The molecule has 1 aliphatic rings. The van der Waals surface area contributed by atoms with Gasteiger partial charge in [-0.2, -0.15) is 0 Å². The average Bonchev–Trinajstić information content (AvgIpc) is 2.88. The van der Waals surface area contributed by atoms with Crippen LogP contribution < -0.4 is 0 Å². The van der Waals surface area contributed by atoms with Crippen LogP contribution in [0.3, 0.4) is 0 Å². The van der Waals surface area contributed by atoms with Crippen LogP contribution in [0, 0.1) is 17.6 Å². The summed E-state index contributed by atoms with van der Waals surface area (Å²) in [6, 6.07) is 20.7. The molecule has 0 amide bonds. The van der Waals surface area contributed by atoms with E-state index in [2.05, 4.69) is 4.90 Å². The second-order valence-electron chi connectivity index (χ2n) is 8.75. The summed E-state index contributed by atoms with van der Waals surface area (Å²) in [6.07, 6.45) is 2.19. The zero-order chi connectivity index (χ0) is 24.0. The fraction of sp³-hybridized carbons (Fsp3) is 0.321. The Balaban J connectivity index is 1.35. The number of likely N-dealkylation sites (tertiary alicyclic amines) is 1. The third-order valence-corrected chi connectivity index (χ3v) is 6.61. The molecule has 4 rings (SSSR count). The molecule has 0 spiro atoms. The quantitative estimate of drug-likeness (QED) is 0.369. The lowest BCUT2D eigenvalue weighted by Crippen LogP contribution is -2.44. The molecule has 0 atom stereocenters. The van der Waals surface area contributed by atoms with Crippen LogP contribution in [0.1, 0.15) is 40.7 Å². The van der Waals surface area contributed by atoms with Gasteiger partial charge in [-0.25, -0.2) is 13.6 Å². The number of carbonyl (C=O) groups excluding carboxylic acids is 1. The van der Waals surface area contributed by atoms with Crippen LogP contribution in [0.25, 0.3) is 0 Å². The van der Waals surface area contributed by atoms with Crippen molar-refractivity contribution in [2.75, 3.05) is 26.2 Å². The van der Waals surface area contributed by atoms with Crippen molar-refractivity contribution in [3.05, 3.63) is 107 Å². The van der Waals surface area contributed by atoms with Gasteiger partial charge in [0.1, 0.15) is 17.2 Å². The topological polar surface area (TPSA) is 49.8 Å². The van der Waals surface area contributed by atoms with Crippen molar-refractivity contribution in [3.8, 4) is 0 Å². The van der Waals surface area contributed by atoms with Gasteiger partial charge in [0.05, 0.1) is 12.2 Å². The molecule has 0 bridgehead atoms. The summed E-state index contributed by atoms with van der Waals surface area (Å²) >= 11 is 0. The largest absolute Gasteiger partial charge is 0.462 e. The summed E-state index contributed by atoms with van der Waals surface area (Å²) in [5.41, 5.74) is 0.418. The summed E-state index contributed by atoms with van der Waals surface area (Å²) in [5.74, 6) is -1.15. The Hall–Kier alpha value is -3.09. The summed E-state index contributed by atoms with van der Waals surface area (Å²) in [5, 5.41) is 11.9. The molecule has 1 N–H and O–H groups in total. The SMILES string of the molecule is O=C(OCCCN1CCC(C(O)(c2ccc(F)cc2)c2ccc(F)cc2)CC1)c1ccccc1. The van der Waals surface area contributed by atoms with Gasteiger partial charge >= 0.3 is 5.97 Å². The van der Waals surface area contributed by atoms with E-state index >= 15 is 0 Å². The highest BCUT2D eigenvalue weighted by atomic mass is 19.1. The lowest BCUT2D eigenvalue weighted by molar-refractivity contribution is -0.0151. The summed E-state index contributed by atoms with van der Waals surface area (Å²) in [4.78, 5) is 14.3. The number of halogens is 2. The number of hydrogen-bond acceptors (Lipinski definition) is 4. The molecule has 178 valence electrons. The Bertz CT molecular complexity index is 1020. The van der Waals surface area contributed by atoms with Crippen LogP contribution in [0.15, 0.2) is 78.9 Å². The van der Waals surface area contributed by atoms with E-state index in [0.717, 1.165) is 38.9 Å². The standard InChI is InChI=1S/C28H29F2NO3/c29-25-11-7-22(8-12-25)28(33,23-9-13-26(30)14-10-23)24-15-18-31(19-16-24)17-4-20-34-27(32)21-5-2-1-3-6-21/h1-3,5-14,24,33H,4,15-20H2. The van der Waals surface area contributed by atoms with Gasteiger partial charge in [-0.15, -0.1) is 0 Å². The van der Waals surface area contributed by atoms with Crippen molar-refractivity contribution in [1.29, 1.82) is 0 Å². The molecule has 0 unspecified atom stereocenters. The number of benzene rings is 3. The maximum atomic E-state index is 13.5. The molecule has 34 heavy (non-hydrogen) atoms. The first-order valence-electron chi connectivity index (χ1n) is 11.7. The molecular weight excluding hydrogens is 436 g/mol. The lowest BCUT2D eigenvalue weighted by Gasteiger charge is -2.42. The maximum absolute atomic E-state index is 13.5. The highest BCUT2D eigenvalue weighted by Gasteiger charge is 2.41. The molecule has 4 nitrogen and oxygen atoms in total. The second-order valence-corrected chi connectivity index (χ2v) is 8.75. The highest BCUT2D eigenvalue weighted by molar-refractivity contribution is 5.89. The van der Waals surface area contributed by atoms with Gasteiger partial charge in [0.15, 0.2) is 0 Å². The Kier molecular flexibility index (Phi) is 7.70. The van der Waals surface area contributed by atoms with E-state index in [9.17, 15) is 18.7 Å². The van der Waals surface area contributed by atoms with Crippen LogP contribution in [-0.2, 0) is 10.3 Å². The number of aliphatic hydroxyl groups is 1. The van der Waals surface area contributed by atoms with Gasteiger partial charge in [-0.3, -0.25) is 0 Å². The van der Waals surface area contributed by atoms with E-state index in [1.807, 2.05) is 6.07 Å². The fourth-order valence-corrected chi connectivity index (χ4v) is 4.73. The Labute approximate surface area is 198 Å². The van der Waals surface area contributed by atoms with E-state index in [1.165, 1.54) is 24.3 Å². The summed E-state index contributed by atoms with van der Waals surface area (Å²) in [7, 11) is 0. The minimum Gasteiger partial charge on any atom is -0.462 e. The summed E-state index contributed by atoms with van der Waals surface area (Å²) < 4.78 is 32.5. The third-order valence-electron chi connectivity index (χ3n) is 6.61. The van der Waals surface area contributed by atoms with Crippen LogP contribution >= 0.6 is 0 Å². The zero-order valence-corrected chi connectivity index (χ0v) is 19.0. The van der Waals surface area contributed by atoms with Crippen molar-refractivity contribution in [3.63, 3.8) is 0 Å². The van der Waals surface area contributed by atoms with Gasteiger partial charge in [-0.05, 0) is 85.8 Å². The maximum Gasteiger partial charge on any atom is 0.338 e. The molecule has 1 saturated heterocycles. The number of esters is 1. The van der Waals surface area contributed by atoms with Gasteiger partial charge in [0.25, 0.3) is 0 Å². The number of carbonyl (C=O) groups is 1. The van der Waals surface area contributed by atoms with Crippen molar-refractivity contribution < 1.29 is 23.4 Å². The minimum absolute atomic E-state index is 0.101. The molecule has 3 aromatic carbocycles. The van der Waals surface area contributed by atoms with Gasteiger partial charge < -0.3 is 14.7 Å². The third kappa shape index (κ3) is 5.51. The van der Waals surface area contributed by atoms with Crippen LogP contribution in [0.2, 0.25) is 0 Å². The lowest BCUT2D eigenvalue weighted by atomic mass is 9.72. The molecule has 1 aliphatic heterocycles. The first kappa shape index (κ1) is 24.0. The van der Waals surface area contributed by atoms with E-state index < -0.39 is 5.60 Å². The van der Waals surface area contributed by atoms with Gasteiger partial charge in [0, 0.05) is 6.54 Å². The van der Waals surface area contributed by atoms with E-state index in [4.69, 9.17) is 4.74 Å². The van der Waals surface area contributed by atoms with Crippen LogP contribution in [-0.4, -0.2) is 42.2 Å². The molecule has 3 aromatic rings. The normalized spacial score (nSPS) is 15.3. The molecule has 0 saturated carbocycles. The Morgan fingerprint density at radius 2 is 1.41 bits per heavy atom. The molecule has 1 fully saturated rings. The van der Waals surface area contributed by atoms with Crippen molar-refractivity contribution in [2.45, 2.75) is 24.9 Å². The van der Waals surface area contributed by atoms with Crippen molar-refractivity contribution >= 4 is 5.97 Å². The molecule has 0 aromatic heterocycles. The van der Waals surface area contributed by atoms with E-state index in [0.29, 0.717) is 23.3 Å². The average molecular weight is 466 g/mol. The predicted octanol–water partition coefficient (Wildman–Crippen LogP) is 5.16. The van der Waals surface area contributed by atoms with Crippen LogP contribution in [0.5, 0.6) is 0 Å². The second kappa shape index (κ2) is 10.9. The molecule has 1 heterocycles. The number of hydrogen-bond donors (Lipinski definition) is 1. The van der Waals surface area contributed by atoms with Gasteiger partial charge in [0.2, 0.25) is 0 Å². The monoisotopic (exact) mass is 465 g/mol. The minimum atomic E-state index is -1.33.